The SMILES string of the molecule is CCc1cc(C2OC2NC2CCC(Nc3cccc4nc(C(F)(F)F)cn34)CC2)n(CC)n1. The fourth-order valence-electron chi connectivity index (χ4n) is 4.72. The van der Waals surface area contributed by atoms with E-state index in [-0.39, 0.29) is 24.0 Å². The lowest BCUT2D eigenvalue weighted by Gasteiger charge is -2.30. The van der Waals surface area contributed by atoms with E-state index in [9.17, 15) is 13.2 Å². The van der Waals surface area contributed by atoms with E-state index < -0.39 is 11.9 Å². The van der Waals surface area contributed by atoms with Crippen LogP contribution in [0.15, 0.2) is 30.5 Å². The van der Waals surface area contributed by atoms with Crippen LogP contribution in [0.25, 0.3) is 5.65 Å². The maximum atomic E-state index is 13.0. The van der Waals surface area contributed by atoms with E-state index in [4.69, 9.17) is 4.74 Å². The molecule has 1 aliphatic heterocycles. The smallest absolute Gasteiger partial charge is 0.368 e. The van der Waals surface area contributed by atoms with E-state index in [1.54, 1.807) is 18.2 Å². The van der Waals surface area contributed by atoms with Crippen molar-refractivity contribution in [2.24, 2.45) is 0 Å². The molecule has 10 heteroatoms. The molecule has 2 aliphatic rings. The minimum absolute atomic E-state index is 0.0201. The molecule has 0 amide bonds. The summed E-state index contributed by atoms with van der Waals surface area (Å²) in [6, 6.07) is 7.81. The third-order valence-electron chi connectivity index (χ3n) is 6.57. The Morgan fingerprint density at radius 3 is 2.58 bits per heavy atom. The van der Waals surface area contributed by atoms with Gasteiger partial charge in [-0.25, -0.2) is 4.98 Å². The molecule has 0 spiro atoms. The van der Waals surface area contributed by atoms with E-state index in [1.807, 2.05) is 4.68 Å². The lowest BCUT2D eigenvalue weighted by atomic mass is 9.91. The Labute approximate surface area is 190 Å². The molecule has 0 bridgehead atoms. The van der Waals surface area contributed by atoms with Gasteiger partial charge in [0.05, 0.1) is 11.4 Å². The summed E-state index contributed by atoms with van der Waals surface area (Å²) >= 11 is 0. The van der Waals surface area contributed by atoms with Crippen LogP contribution in [0.2, 0.25) is 0 Å². The summed E-state index contributed by atoms with van der Waals surface area (Å²) in [4.78, 5) is 3.71. The lowest BCUT2D eigenvalue weighted by Crippen LogP contribution is -2.38. The fraction of sp³-hybridized carbons (Fsp3) is 0.565. The molecule has 2 fully saturated rings. The number of halogens is 3. The molecule has 3 aromatic rings. The van der Waals surface area contributed by atoms with Gasteiger partial charge in [-0.15, -0.1) is 0 Å². The van der Waals surface area contributed by atoms with E-state index >= 15 is 0 Å². The molecule has 178 valence electrons. The number of nitrogens with one attached hydrogen (secondary N) is 2. The molecule has 4 heterocycles. The van der Waals surface area contributed by atoms with Crippen LogP contribution < -0.4 is 10.6 Å². The molecule has 33 heavy (non-hydrogen) atoms. The molecule has 7 nitrogen and oxygen atoms in total. The number of alkyl halides is 3. The fourth-order valence-corrected chi connectivity index (χ4v) is 4.72. The Balaban J connectivity index is 1.16. The Hall–Kier alpha value is -2.59. The first-order valence-corrected chi connectivity index (χ1v) is 11.7. The summed E-state index contributed by atoms with van der Waals surface area (Å²) in [5, 5.41) is 11.7. The zero-order valence-electron chi connectivity index (χ0n) is 18.8. The van der Waals surface area contributed by atoms with Crippen molar-refractivity contribution in [3.8, 4) is 0 Å². The standard InChI is InChI=1S/C23H29F3N6O/c1-3-14-12-17(32(4-2)30-14)21-22(33-21)28-16-10-8-15(9-11-16)27-19-6-5-7-20-29-18(13-31(19)20)23(24,25)26/h5-7,12-13,15-16,21-22,27-28H,3-4,8-11H2,1-2H3. The van der Waals surface area contributed by atoms with Crippen LogP contribution in [-0.4, -0.2) is 37.5 Å². The molecule has 2 unspecified atom stereocenters. The Kier molecular flexibility index (Phi) is 5.82. The van der Waals surface area contributed by atoms with Gasteiger partial charge in [0, 0.05) is 24.8 Å². The van der Waals surface area contributed by atoms with E-state index in [1.165, 1.54) is 4.40 Å². The quantitative estimate of drug-likeness (QED) is 0.505. The minimum atomic E-state index is -4.46. The second-order valence-corrected chi connectivity index (χ2v) is 8.83. The molecule has 3 aromatic heterocycles. The summed E-state index contributed by atoms with van der Waals surface area (Å²) in [5.41, 5.74) is 1.63. The first-order chi connectivity index (χ1) is 15.9. The van der Waals surface area contributed by atoms with Gasteiger partial charge >= 0.3 is 6.18 Å². The van der Waals surface area contributed by atoms with Gasteiger partial charge in [0.1, 0.15) is 23.8 Å². The normalized spacial score (nSPS) is 25.5. The van der Waals surface area contributed by atoms with Gasteiger partial charge in [0.25, 0.3) is 0 Å². The first kappa shape index (κ1) is 22.2. The maximum absolute atomic E-state index is 13.0. The van der Waals surface area contributed by atoms with Crippen LogP contribution in [0, 0.1) is 0 Å². The van der Waals surface area contributed by atoms with Crippen molar-refractivity contribution >= 4 is 11.5 Å². The van der Waals surface area contributed by atoms with Crippen molar-refractivity contribution in [2.45, 2.75) is 83.1 Å². The van der Waals surface area contributed by atoms with Crippen LogP contribution >= 0.6 is 0 Å². The summed E-state index contributed by atoms with van der Waals surface area (Å²) in [7, 11) is 0. The maximum Gasteiger partial charge on any atom is 0.434 e. The number of ether oxygens (including phenoxy) is 1. The number of rotatable bonds is 7. The second-order valence-electron chi connectivity index (χ2n) is 8.83. The molecule has 0 aromatic carbocycles. The van der Waals surface area contributed by atoms with Crippen molar-refractivity contribution < 1.29 is 17.9 Å². The number of aromatic nitrogens is 4. The lowest BCUT2D eigenvalue weighted by molar-refractivity contribution is -0.140. The van der Waals surface area contributed by atoms with E-state index in [2.05, 4.69) is 40.6 Å². The van der Waals surface area contributed by atoms with E-state index in [0.29, 0.717) is 11.9 Å². The Bertz CT molecular complexity index is 1120. The highest BCUT2D eigenvalue weighted by Gasteiger charge is 2.44. The predicted octanol–water partition coefficient (Wildman–Crippen LogP) is 4.54. The zero-order chi connectivity index (χ0) is 23.2. The Morgan fingerprint density at radius 2 is 1.88 bits per heavy atom. The van der Waals surface area contributed by atoms with E-state index in [0.717, 1.165) is 56.2 Å². The van der Waals surface area contributed by atoms with Gasteiger partial charge < -0.3 is 10.1 Å². The molecule has 1 saturated heterocycles. The third kappa shape index (κ3) is 4.59. The topological polar surface area (TPSA) is 71.7 Å². The van der Waals surface area contributed by atoms with Crippen molar-refractivity contribution in [1.82, 2.24) is 24.5 Å². The second kappa shape index (κ2) is 8.64. The number of hydrogen-bond donors (Lipinski definition) is 2. The van der Waals surface area contributed by atoms with Gasteiger partial charge in [-0.05, 0) is 57.2 Å². The third-order valence-corrected chi connectivity index (χ3v) is 6.57. The number of pyridine rings is 1. The molecule has 5 rings (SSSR count). The summed E-state index contributed by atoms with van der Waals surface area (Å²) in [6.45, 7) is 5.01. The van der Waals surface area contributed by atoms with Crippen molar-refractivity contribution in [1.29, 1.82) is 0 Å². The van der Waals surface area contributed by atoms with Gasteiger partial charge in [0.2, 0.25) is 0 Å². The van der Waals surface area contributed by atoms with Crippen LogP contribution in [0.1, 0.15) is 62.7 Å². The summed E-state index contributed by atoms with van der Waals surface area (Å²) in [6.07, 6.45) is 1.39. The highest BCUT2D eigenvalue weighted by atomic mass is 19.4. The number of hydrogen-bond acceptors (Lipinski definition) is 5. The van der Waals surface area contributed by atoms with Crippen LogP contribution in [0.3, 0.4) is 0 Å². The molecular formula is C23H29F3N6O. The molecule has 1 saturated carbocycles. The minimum Gasteiger partial charge on any atom is -0.368 e. The summed E-state index contributed by atoms with van der Waals surface area (Å²) < 4.78 is 48.6. The first-order valence-electron chi connectivity index (χ1n) is 11.7. The van der Waals surface area contributed by atoms with Crippen molar-refractivity contribution in [3.05, 3.63) is 47.5 Å². The number of nitrogens with zero attached hydrogens (tertiary/aromatic N) is 4. The Morgan fingerprint density at radius 1 is 1.12 bits per heavy atom. The van der Waals surface area contributed by atoms with Crippen LogP contribution in [0.5, 0.6) is 0 Å². The van der Waals surface area contributed by atoms with Crippen LogP contribution in [0.4, 0.5) is 19.0 Å². The number of epoxide rings is 1. The van der Waals surface area contributed by atoms with Crippen molar-refractivity contribution in [2.75, 3.05) is 5.32 Å². The van der Waals surface area contributed by atoms with Gasteiger partial charge in [0.15, 0.2) is 5.69 Å². The van der Waals surface area contributed by atoms with Gasteiger partial charge in [-0.1, -0.05) is 13.0 Å². The number of imidazole rings is 1. The molecular weight excluding hydrogens is 433 g/mol. The largest absolute Gasteiger partial charge is 0.434 e. The summed E-state index contributed by atoms with van der Waals surface area (Å²) in [5.74, 6) is 0.636. The predicted molar refractivity (Wildman–Crippen MR) is 118 cm³/mol. The van der Waals surface area contributed by atoms with Gasteiger partial charge in [-0.3, -0.25) is 14.4 Å². The zero-order valence-corrected chi connectivity index (χ0v) is 18.8. The van der Waals surface area contributed by atoms with Gasteiger partial charge in [-0.2, -0.15) is 18.3 Å². The monoisotopic (exact) mass is 462 g/mol. The average Bonchev–Trinajstić information content (AvgIpc) is 3.22. The highest BCUT2D eigenvalue weighted by Crippen LogP contribution is 2.38. The average molecular weight is 463 g/mol. The number of aryl methyl sites for hydroxylation is 2. The van der Waals surface area contributed by atoms with Crippen molar-refractivity contribution in [3.63, 3.8) is 0 Å². The number of fused-ring (bicyclic) bond motifs is 1. The van der Waals surface area contributed by atoms with Crippen LogP contribution in [-0.2, 0) is 23.9 Å². The highest BCUT2D eigenvalue weighted by molar-refractivity contribution is 5.51. The molecule has 1 aliphatic carbocycles. The number of anilines is 1. The molecule has 2 N–H and O–H groups in total. The molecule has 0 radical (unpaired) electrons. The molecule has 2 atom stereocenters.